The summed E-state index contributed by atoms with van der Waals surface area (Å²) in [5, 5.41) is 8.57. The molecule has 0 aliphatic carbocycles. The van der Waals surface area contributed by atoms with Crippen molar-refractivity contribution < 1.29 is 12.8 Å². The van der Waals surface area contributed by atoms with Crippen molar-refractivity contribution in [3.05, 3.63) is 27.1 Å². The van der Waals surface area contributed by atoms with Gasteiger partial charge in [-0.05, 0) is 34.7 Å². The highest BCUT2D eigenvalue weighted by molar-refractivity contribution is 14.1. The van der Waals surface area contributed by atoms with Crippen molar-refractivity contribution in [2.75, 3.05) is 0 Å². The fourth-order valence-corrected chi connectivity index (χ4v) is 3.46. The van der Waals surface area contributed by atoms with E-state index in [1.165, 1.54) is 0 Å². The molecule has 74 valence electrons. The normalized spacial score (nSPS) is 11.0. The number of halogens is 3. The van der Waals surface area contributed by atoms with E-state index in [-0.39, 0.29) is 14.0 Å². The Kier molecular flexibility index (Phi) is 3.34. The van der Waals surface area contributed by atoms with Gasteiger partial charge in [-0.15, -0.1) is 0 Å². The molecule has 0 bridgehead atoms. The first-order valence-electron chi connectivity index (χ1n) is 3.20. The van der Waals surface area contributed by atoms with Gasteiger partial charge in [0.05, 0.1) is 14.0 Å². The minimum Gasteiger partial charge on any atom is -0.207 e. The molecule has 0 spiro atoms. The van der Waals surface area contributed by atoms with Crippen molar-refractivity contribution in [1.82, 2.24) is 0 Å². The van der Waals surface area contributed by atoms with Crippen molar-refractivity contribution >= 4 is 42.3 Å². The monoisotopic (exact) mass is 345 g/mol. The number of nitriles is 1. The van der Waals surface area contributed by atoms with Crippen LogP contribution in [0.5, 0.6) is 0 Å². The third-order valence-corrected chi connectivity index (χ3v) is 4.26. The molecule has 0 saturated carbocycles. The van der Waals surface area contributed by atoms with E-state index in [1.807, 2.05) is 0 Å². The van der Waals surface area contributed by atoms with Crippen LogP contribution in [0.4, 0.5) is 4.39 Å². The van der Waals surface area contributed by atoms with Crippen LogP contribution in [0.2, 0.25) is 0 Å². The van der Waals surface area contributed by atoms with E-state index in [1.54, 1.807) is 28.7 Å². The molecule has 1 aromatic carbocycles. The van der Waals surface area contributed by atoms with E-state index in [0.717, 1.165) is 12.1 Å². The van der Waals surface area contributed by atoms with Gasteiger partial charge in [0.25, 0.3) is 9.05 Å². The maximum atomic E-state index is 12.8. The zero-order valence-corrected chi connectivity index (χ0v) is 10.2. The molecule has 0 aromatic heterocycles. The minimum atomic E-state index is -4.01. The first kappa shape index (κ1) is 11.7. The topological polar surface area (TPSA) is 57.9 Å². The quantitative estimate of drug-likeness (QED) is 0.579. The zero-order valence-electron chi connectivity index (χ0n) is 6.46. The predicted molar refractivity (Wildman–Crippen MR) is 56.9 cm³/mol. The molecule has 0 heterocycles. The van der Waals surface area contributed by atoms with Gasteiger partial charge in [0.1, 0.15) is 11.9 Å². The number of hydrogen-bond acceptors (Lipinski definition) is 3. The molecule has 0 N–H and O–H groups in total. The van der Waals surface area contributed by atoms with Crippen LogP contribution in [0, 0.1) is 20.7 Å². The number of nitrogens with zero attached hydrogens (tertiary/aromatic N) is 1. The molecule has 0 fully saturated rings. The largest absolute Gasteiger partial charge is 0.262 e. The van der Waals surface area contributed by atoms with E-state index < -0.39 is 14.9 Å². The van der Waals surface area contributed by atoms with Crippen LogP contribution in [0.25, 0.3) is 0 Å². The molecular weight excluding hydrogens is 344 g/mol. The van der Waals surface area contributed by atoms with Crippen LogP contribution in [0.3, 0.4) is 0 Å². The summed E-state index contributed by atoms with van der Waals surface area (Å²) in [5.41, 5.74) is -0.0511. The summed E-state index contributed by atoms with van der Waals surface area (Å²) in [6.45, 7) is 0. The lowest BCUT2D eigenvalue weighted by atomic mass is 10.2. The Morgan fingerprint density at radius 3 is 2.50 bits per heavy atom. The fraction of sp³-hybridized carbons (Fsp3) is 0. The SMILES string of the molecule is N#Cc1cc(F)cc(S(=O)(=O)Cl)c1I. The highest BCUT2D eigenvalue weighted by atomic mass is 127. The van der Waals surface area contributed by atoms with Crippen LogP contribution in [0.15, 0.2) is 17.0 Å². The second-order valence-corrected chi connectivity index (χ2v) is 5.93. The van der Waals surface area contributed by atoms with E-state index in [2.05, 4.69) is 0 Å². The number of benzene rings is 1. The number of rotatable bonds is 1. The summed E-state index contributed by atoms with van der Waals surface area (Å²) >= 11 is 1.63. The lowest BCUT2D eigenvalue weighted by molar-refractivity contribution is 0.601. The summed E-state index contributed by atoms with van der Waals surface area (Å²) in [4.78, 5) is -0.378. The molecule has 0 saturated heterocycles. The molecule has 0 unspecified atom stereocenters. The highest BCUT2D eigenvalue weighted by Crippen LogP contribution is 2.25. The fourth-order valence-electron chi connectivity index (χ4n) is 0.823. The highest BCUT2D eigenvalue weighted by Gasteiger charge is 2.18. The summed E-state index contributed by atoms with van der Waals surface area (Å²) < 4.78 is 34.9. The lowest BCUT2D eigenvalue weighted by Crippen LogP contribution is -1.98. The molecule has 0 radical (unpaired) electrons. The molecular formula is C7H2ClFINO2S. The van der Waals surface area contributed by atoms with Crippen LogP contribution < -0.4 is 0 Å². The van der Waals surface area contributed by atoms with Gasteiger partial charge in [-0.1, -0.05) is 0 Å². The molecule has 1 rings (SSSR count). The smallest absolute Gasteiger partial charge is 0.207 e. The van der Waals surface area contributed by atoms with Gasteiger partial charge in [0, 0.05) is 10.7 Å². The van der Waals surface area contributed by atoms with Gasteiger partial charge in [-0.3, -0.25) is 0 Å². The molecule has 7 heteroatoms. The van der Waals surface area contributed by atoms with Crippen LogP contribution in [0.1, 0.15) is 5.56 Å². The standard InChI is InChI=1S/C7H2ClFINO2S/c8-14(12,13)6-2-5(9)1-4(3-11)7(6)10/h1-2H. The second-order valence-electron chi connectivity index (χ2n) is 2.32. The number of hydrogen-bond donors (Lipinski definition) is 0. The Labute approximate surface area is 98.0 Å². The molecule has 0 aliphatic heterocycles. The van der Waals surface area contributed by atoms with Crippen molar-refractivity contribution in [2.24, 2.45) is 0 Å². The Morgan fingerprint density at radius 1 is 1.50 bits per heavy atom. The maximum Gasteiger partial charge on any atom is 0.262 e. The van der Waals surface area contributed by atoms with E-state index in [4.69, 9.17) is 15.9 Å². The third-order valence-electron chi connectivity index (χ3n) is 1.39. The van der Waals surface area contributed by atoms with Crippen molar-refractivity contribution in [3.63, 3.8) is 0 Å². The summed E-state index contributed by atoms with van der Waals surface area (Å²) in [6.07, 6.45) is 0. The van der Waals surface area contributed by atoms with Crippen molar-refractivity contribution in [2.45, 2.75) is 4.90 Å². The van der Waals surface area contributed by atoms with Crippen LogP contribution in [-0.4, -0.2) is 8.42 Å². The van der Waals surface area contributed by atoms with Crippen molar-refractivity contribution in [1.29, 1.82) is 5.26 Å². The van der Waals surface area contributed by atoms with Gasteiger partial charge in [-0.25, -0.2) is 12.8 Å². The Balaban J connectivity index is 3.64. The average Bonchev–Trinajstić information content (AvgIpc) is 2.06. The van der Waals surface area contributed by atoms with Gasteiger partial charge in [0.15, 0.2) is 0 Å². The Bertz CT molecular complexity index is 523. The molecule has 14 heavy (non-hydrogen) atoms. The second kappa shape index (κ2) is 4.00. The summed E-state index contributed by atoms with van der Waals surface area (Å²) in [5.74, 6) is -0.804. The first-order valence-corrected chi connectivity index (χ1v) is 6.59. The zero-order chi connectivity index (χ0) is 10.9. The Morgan fingerprint density at radius 2 is 2.07 bits per heavy atom. The molecule has 0 amide bonds. The van der Waals surface area contributed by atoms with Crippen LogP contribution >= 0.6 is 33.3 Å². The molecule has 0 aliphatic rings. The molecule has 3 nitrogen and oxygen atoms in total. The molecule has 1 aromatic rings. The third kappa shape index (κ3) is 2.34. The average molecular weight is 346 g/mol. The maximum absolute atomic E-state index is 12.8. The van der Waals surface area contributed by atoms with Crippen molar-refractivity contribution in [3.8, 4) is 6.07 Å². The lowest BCUT2D eigenvalue weighted by Gasteiger charge is -2.02. The van der Waals surface area contributed by atoms with Gasteiger partial charge < -0.3 is 0 Å². The van der Waals surface area contributed by atoms with Gasteiger partial charge >= 0.3 is 0 Å². The Hall–Kier alpha value is -0.390. The first-order chi connectivity index (χ1) is 6.36. The van der Waals surface area contributed by atoms with E-state index in [0.29, 0.717) is 0 Å². The predicted octanol–water partition coefficient (Wildman–Crippen LogP) is 2.23. The van der Waals surface area contributed by atoms with Gasteiger partial charge in [-0.2, -0.15) is 5.26 Å². The summed E-state index contributed by atoms with van der Waals surface area (Å²) in [7, 11) is 1.04. The summed E-state index contributed by atoms with van der Waals surface area (Å²) in [6, 6.07) is 3.41. The minimum absolute atomic E-state index is 0.0511. The van der Waals surface area contributed by atoms with Gasteiger partial charge in [0.2, 0.25) is 0 Å². The van der Waals surface area contributed by atoms with Crippen LogP contribution in [-0.2, 0) is 9.05 Å². The van der Waals surface area contributed by atoms with E-state index in [9.17, 15) is 12.8 Å². The molecule has 0 atom stereocenters. The van der Waals surface area contributed by atoms with E-state index >= 15 is 0 Å².